The summed E-state index contributed by atoms with van der Waals surface area (Å²) in [6.45, 7) is 6.62. The molecule has 0 spiro atoms. The molecule has 0 radical (unpaired) electrons. The average Bonchev–Trinajstić information content (AvgIpc) is 2.38. The van der Waals surface area contributed by atoms with Crippen molar-refractivity contribution in [3.8, 4) is 5.88 Å². The van der Waals surface area contributed by atoms with Gasteiger partial charge in [0.25, 0.3) is 0 Å². The molecule has 1 rings (SSSR count). The van der Waals surface area contributed by atoms with Crippen molar-refractivity contribution in [3.05, 3.63) is 18.3 Å². The molecule has 1 atom stereocenters. The highest BCUT2D eigenvalue weighted by atomic mass is 16.5. The first kappa shape index (κ1) is 16.4. The van der Waals surface area contributed by atoms with Crippen molar-refractivity contribution in [2.45, 2.75) is 46.1 Å². The lowest BCUT2D eigenvalue weighted by atomic mass is 10.0. The number of hydrogen-bond donors (Lipinski definition) is 2. The Bertz CT molecular complexity index is 421. The van der Waals surface area contributed by atoms with Gasteiger partial charge in [-0.1, -0.05) is 6.92 Å². The lowest BCUT2D eigenvalue weighted by molar-refractivity contribution is -0.116. The Morgan fingerprint density at radius 3 is 2.80 bits per heavy atom. The fourth-order valence-corrected chi connectivity index (χ4v) is 1.82. The van der Waals surface area contributed by atoms with Crippen LogP contribution in [0.5, 0.6) is 5.88 Å². The van der Waals surface area contributed by atoms with Crippen LogP contribution in [0.3, 0.4) is 0 Å². The van der Waals surface area contributed by atoms with Gasteiger partial charge in [0.1, 0.15) is 5.69 Å². The Morgan fingerprint density at radius 2 is 2.15 bits per heavy atom. The number of nitrogens with two attached hydrogens (primary N) is 1. The Morgan fingerprint density at radius 1 is 1.40 bits per heavy atom. The molecule has 5 heteroatoms. The maximum atomic E-state index is 11.9. The normalized spacial score (nSPS) is 12.2. The van der Waals surface area contributed by atoms with E-state index in [9.17, 15) is 4.79 Å². The third-order valence-corrected chi connectivity index (χ3v) is 2.92. The van der Waals surface area contributed by atoms with Gasteiger partial charge in [-0.25, -0.2) is 4.98 Å². The minimum atomic E-state index is -0.0181. The zero-order valence-corrected chi connectivity index (χ0v) is 12.6. The first-order chi connectivity index (χ1) is 9.52. The van der Waals surface area contributed by atoms with Gasteiger partial charge in [-0.15, -0.1) is 0 Å². The fraction of sp³-hybridized carbons (Fsp3) is 0.600. The molecule has 1 amide bonds. The molecule has 1 heterocycles. The van der Waals surface area contributed by atoms with Crippen LogP contribution in [0.25, 0.3) is 0 Å². The molecule has 5 nitrogen and oxygen atoms in total. The standard InChI is InChI=1S/C15H25N3O2/c1-11(2)20-15-13(5-4-10-17-15)18-14(19)7-6-12(3)8-9-16/h4-5,10-12H,6-9,16H2,1-3H3,(H,18,19). The second-order valence-corrected chi connectivity index (χ2v) is 5.29. The molecule has 3 N–H and O–H groups in total. The van der Waals surface area contributed by atoms with Gasteiger partial charge in [-0.3, -0.25) is 4.79 Å². The quantitative estimate of drug-likeness (QED) is 0.766. The van der Waals surface area contributed by atoms with E-state index in [0.29, 0.717) is 30.5 Å². The molecule has 20 heavy (non-hydrogen) atoms. The van der Waals surface area contributed by atoms with Crippen molar-refractivity contribution in [2.75, 3.05) is 11.9 Å². The molecule has 0 saturated carbocycles. The molecule has 0 fully saturated rings. The van der Waals surface area contributed by atoms with Crippen LogP contribution in [0, 0.1) is 5.92 Å². The van der Waals surface area contributed by atoms with E-state index >= 15 is 0 Å². The SMILES string of the molecule is CC(CCN)CCC(=O)Nc1cccnc1OC(C)C. The summed E-state index contributed by atoms with van der Waals surface area (Å²) >= 11 is 0. The summed E-state index contributed by atoms with van der Waals surface area (Å²) in [5, 5.41) is 2.86. The molecule has 1 aromatic heterocycles. The molecule has 0 saturated heterocycles. The number of carbonyl (C=O) groups excluding carboxylic acids is 1. The highest BCUT2D eigenvalue weighted by Crippen LogP contribution is 2.22. The number of hydrogen-bond acceptors (Lipinski definition) is 4. The maximum Gasteiger partial charge on any atom is 0.238 e. The summed E-state index contributed by atoms with van der Waals surface area (Å²) in [7, 11) is 0. The van der Waals surface area contributed by atoms with Crippen LogP contribution in [0.4, 0.5) is 5.69 Å². The molecule has 0 aromatic carbocycles. The third kappa shape index (κ3) is 6.02. The average molecular weight is 279 g/mol. The Balaban J connectivity index is 2.53. The lowest BCUT2D eigenvalue weighted by Gasteiger charge is -2.14. The first-order valence-corrected chi connectivity index (χ1v) is 7.14. The van der Waals surface area contributed by atoms with Gasteiger partial charge in [0.15, 0.2) is 0 Å². The van der Waals surface area contributed by atoms with Crippen molar-refractivity contribution in [1.29, 1.82) is 0 Å². The second-order valence-electron chi connectivity index (χ2n) is 5.29. The summed E-state index contributed by atoms with van der Waals surface area (Å²) in [6, 6.07) is 3.58. The zero-order chi connectivity index (χ0) is 15.0. The highest BCUT2D eigenvalue weighted by molar-refractivity contribution is 5.91. The van der Waals surface area contributed by atoms with E-state index in [1.807, 2.05) is 13.8 Å². The van der Waals surface area contributed by atoms with Gasteiger partial charge >= 0.3 is 0 Å². The third-order valence-electron chi connectivity index (χ3n) is 2.92. The number of anilines is 1. The van der Waals surface area contributed by atoms with Crippen molar-refractivity contribution < 1.29 is 9.53 Å². The monoisotopic (exact) mass is 279 g/mol. The molecule has 0 aliphatic heterocycles. The van der Waals surface area contributed by atoms with Gasteiger partial charge in [0, 0.05) is 12.6 Å². The number of rotatable bonds is 8. The van der Waals surface area contributed by atoms with E-state index in [2.05, 4.69) is 17.2 Å². The molecular weight excluding hydrogens is 254 g/mol. The van der Waals surface area contributed by atoms with Gasteiger partial charge in [-0.05, 0) is 51.3 Å². The molecule has 1 aromatic rings. The summed E-state index contributed by atoms with van der Waals surface area (Å²) in [5.74, 6) is 0.910. The second kappa shape index (κ2) is 8.53. The van der Waals surface area contributed by atoms with Gasteiger partial charge < -0.3 is 15.8 Å². The van der Waals surface area contributed by atoms with E-state index in [-0.39, 0.29) is 12.0 Å². The van der Waals surface area contributed by atoms with Crippen molar-refractivity contribution >= 4 is 11.6 Å². The number of nitrogens with one attached hydrogen (secondary N) is 1. The van der Waals surface area contributed by atoms with Crippen LogP contribution < -0.4 is 15.8 Å². The molecule has 1 unspecified atom stereocenters. The lowest BCUT2D eigenvalue weighted by Crippen LogP contribution is -2.16. The van der Waals surface area contributed by atoms with E-state index in [0.717, 1.165) is 12.8 Å². The molecule has 0 aliphatic rings. The van der Waals surface area contributed by atoms with Crippen LogP contribution in [-0.2, 0) is 4.79 Å². The number of nitrogens with zero attached hydrogens (tertiary/aromatic N) is 1. The minimum Gasteiger partial charge on any atom is -0.473 e. The smallest absolute Gasteiger partial charge is 0.238 e. The van der Waals surface area contributed by atoms with Crippen LogP contribution in [-0.4, -0.2) is 23.5 Å². The summed E-state index contributed by atoms with van der Waals surface area (Å²) in [5.41, 5.74) is 6.12. The zero-order valence-electron chi connectivity index (χ0n) is 12.6. The molecule has 0 aliphatic carbocycles. The van der Waals surface area contributed by atoms with Crippen LogP contribution in [0.2, 0.25) is 0 Å². The number of amides is 1. The van der Waals surface area contributed by atoms with Gasteiger partial charge in [0.2, 0.25) is 11.8 Å². The van der Waals surface area contributed by atoms with E-state index in [1.165, 1.54) is 0 Å². The fourth-order valence-electron chi connectivity index (χ4n) is 1.82. The minimum absolute atomic E-state index is 0.0181. The molecule has 0 bridgehead atoms. The topological polar surface area (TPSA) is 77.2 Å². The van der Waals surface area contributed by atoms with Gasteiger partial charge in [0.05, 0.1) is 6.10 Å². The first-order valence-electron chi connectivity index (χ1n) is 7.14. The van der Waals surface area contributed by atoms with Crippen LogP contribution in [0.15, 0.2) is 18.3 Å². The van der Waals surface area contributed by atoms with E-state index in [4.69, 9.17) is 10.5 Å². The van der Waals surface area contributed by atoms with Crippen LogP contribution in [0.1, 0.15) is 40.0 Å². The number of aromatic nitrogens is 1. The Kier molecular flexibility index (Phi) is 7.01. The highest BCUT2D eigenvalue weighted by Gasteiger charge is 2.11. The summed E-state index contributed by atoms with van der Waals surface area (Å²) < 4.78 is 5.57. The number of ether oxygens (including phenoxy) is 1. The summed E-state index contributed by atoms with van der Waals surface area (Å²) in [4.78, 5) is 16.1. The number of carbonyl (C=O) groups is 1. The molecule has 112 valence electrons. The number of pyridine rings is 1. The van der Waals surface area contributed by atoms with Crippen molar-refractivity contribution in [1.82, 2.24) is 4.98 Å². The Labute approximate surface area is 120 Å². The van der Waals surface area contributed by atoms with E-state index in [1.54, 1.807) is 18.3 Å². The summed E-state index contributed by atoms with van der Waals surface area (Å²) in [6.07, 6.45) is 3.93. The maximum absolute atomic E-state index is 11.9. The predicted octanol–water partition coefficient (Wildman–Crippen LogP) is 2.57. The molecular formula is C15H25N3O2. The van der Waals surface area contributed by atoms with Crippen molar-refractivity contribution in [3.63, 3.8) is 0 Å². The predicted molar refractivity (Wildman–Crippen MR) is 80.7 cm³/mol. The largest absolute Gasteiger partial charge is 0.473 e. The van der Waals surface area contributed by atoms with E-state index < -0.39 is 0 Å². The van der Waals surface area contributed by atoms with Gasteiger partial charge in [-0.2, -0.15) is 0 Å². The Hall–Kier alpha value is -1.62. The van der Waals surface area contributed by atoms with Crippen LogP contribution >= 0.6 is 0 Å². The van der Waals surface area contributed by atoms with Crippen molar-refractivity contribution in [2.24, 2.45) is 11.7 Å².